The van der Waals surface area contributed by atoms with E-state index >= 15 is 0 Å². The third-order valence-corrected chi connectivity index (χ3v) is 1.69. The van der Waals surface area contributed by atoms with E-state index in [1.54, 1.807) is 0 Å². The second-order valence-electron chi connectivity index (χ2n) is 2.20. The molecule has 56 valence electrons. The molecule has 3 heteroatoms. The van der Waals surface area contributed by atoms with Gasteiger partial charge >= 0.3 is 5.97 Å². The molecule has 1 rings (SSSR count). The topological polar surface area (TPSA) is 38.3 Å². The van der Waals surface area contributed by atoms with Crippen molar-refractivity contribution in [2.24, 2.45) is 0 Å². The second kappa shape index (κ2) is 2.84. The standard InChI is InChI=1S/C7H11NO2/c1-3-5-4-8-6(5)7(9)10-2/h3,6,8H,4H2,1-2H3/b5-3+. The summed E-state index contributed by atoms with van der Waals surface area (Å²) >= 11 is 0. The van der Waals surface area contributed by atoms with E-state index < -0.39 is 0 Å². The van der Waals surface area contributed by atoms with Gasteiger partial charge in [0, 0.05) is 6.54 Å². The molecule has 0 saturated carbocycles. The van der Waals surface area contributed by atoms with Crippen LogP contribution in [-0.2, 0) is 9.53 Å². The largest absolute Gasteiger partial charge is 0.468 e. The first-order chi connectivity index (χ1) is 4.79. The lowest BCUT2D eigenvalue weighted by molar-refractivity contribution is -0.143. The number of esters is 1. The monoisotopic (exact) mass is 141 g/mol. The number of allylic oxidation sites excluding steroid dienone is 1. The molecule has 0 radical (unpaired) electrons. The zero-order chi connectivity index (χ0) is 7.56. The first-order valence-corrected chi connectivity index (χ1v) is 3.26. The summed E-state index contributed by atoms with van der Waals surface area (Å²) in [4.78, 5) is 10.8. The van der Waals surface area contributed by atoms with Crippen LogP contribution < -0.4 is 5.32 Å². The summed E-state index contributed by atoms with van der Waals surface area (Å²) in [5.41, 5.74) is 1.12. The van der Waals surface area contributed by atoms with Crippen LogP contribution in [0.1, 0.15) is 6.92 Å². The maximum Gasteiger partial charge on any atom is 0.327 e. The molecule has 1 aliphatic heterocycles. The molecule has 0 aromatic rings. The summed E-state index contributed by atoms with van der Waals surface area (Å²) < 4.78 is 4.54. The summed E-state index contributed by atoms with van der Waals surface area (Å²) in [5, 5.41) is 2.95. The Kier molecular flexibility index (Phi) is 2.06. The molecule has 0 amide bonds. The Labute approximate surface area is 60.1 Å². The molecule has 1 heterocycles. The summed E-state index contributed by atoms with van der Waals surface area (Å²) in [6.45, 7) is 2.74. The van der Waals surface area contributed by atoms with Gasteiger partial charge in [0.05, 0.1) is 7.11 Å². The van der Waals surface area contributed by atoms with Crippen LogP contribution in [0.25, 0.3) is 0 Å². The number of methoxy groups -OCH3 is 1. The van der Waals surface area contributed by atoms with Crippen LogP contribution in [-0.4, -0.2) is 25.7 Å². The molecule has 0 aliphatic carbocycles. The highest BCUT2D eigenvalue weighted by molar-refractivity contribution is 5.81. The third-order valence-electron chi connectivity index (χ3n) is 1.69. The van der Waals surface area contributed by atoms with Gasteiger partial charge < -0.3 is 4.74 Å². The van der Waals surface area contributed by atoms with Crippen molar-refractivity contribution < 1.29 is 9.53 Å². The van der Waals surface area contributed by atoms with Crippen molar-refractivity contribution in [3.63, 3.8) is 0 Å². The van der Waals surface area contributed by atoms with Crippen LogP contribution in [0, 0.1) is 0 Å². The molecule has 0 aromatic heterocycles. The van der Waals surface area contributed by atoms with Crippen LogP contribution in [0.4, 0.5) is 0 Å². The molecule has 0 bridgehead atoms. The zero-order valence-corrected chi connectivity index (χ0v) is 6.18. The Morgan fingerprint density at radius 2 is 2.60 bits per heavy atom. The number of carbonyl (C=O) groups excluding carboxylic acids is 1. The number of hydrogen-bond acceptors (Lipinski definition) is 3. The van der Waals surface area contributed by atoms with Crippen LogP contribution in [0.5, 0.6) is 0 Å². The lowest BCUT2D eigenvalue weighted by Gasteiger charge is -2.28. The molecule has 3 nitrogen and oxygen atoms in total. The molecular weight excluding hydrogens is 130 g/mol. The van der Waals surface area contributed by atoms with Gasteiger partial charge in [-0.3, -0.25) is 10.1 Å². The number of rotatable bonds is 1. The molecule has 1 atom stereocenters. The van der Waals surface area contributed by atoms with Gasteiger partial charge in [-0.1, -0.05) is 6.08 Å². The van der Waals surface area contributed by atoms with Gasteiger partial charge in [-0.25, -0.2) is 0 Å². The van der Waals surface area contributed by atoms with Gasteiger partial charge in [0.1, 0.15) is 6.04 Å². The molecule has 10 heavy (non-hydrogen) atoms. The van der Waals surface area contributed by atoms with E-state index in [0.717, 1.165) is 12.1 Å². The van der Waals surface area contributed by atoms with Crippen molar-refractivity contribution in [1.29, 1.82) is 0 Å². The number of ether oxygens (including phenoxy) is 1. The number of nitrogens with one attached hydrogen (secondary N) is 1. The van der Waals surface area contributed by atoms with Crippen molar-refractivity contribution in [3.05, 3.63) is 11.6 Å². The zero-order valence-electron chi connectivity index (χ0n) is 6.18. The summed E-state index contributed by atoms with van der Waals surface area (Å²) in [7, 11) is 1.40. The lowest BCUT2D eigenvalue weighted by atomic mass is 10.00. The molecular formula is C7H11NO2. The fourth-order valence-corrected chi connectivity index (χ4v) is 0.943. The smallest absolute Gasteiger partial charge is 0.327 e. The van der Waals surface area contributed by atoms with Crippen molar-refractivity contribution in [1.82, 2.24) is 5.32 Å². The first-order valence-electron chi connectivity index (χ1n) is 3.26. The van der Waals surface area contributed by atoms with E-state index in [-0.39, 0.29) is 12.0 Å². The van der Waals surface area contributed by atoms with Gasteiger partial charge in [0.15, 0.2) is 0 Å². The fourth-order valence-electron chi connectivity index (χ4n) is 0.943. The molecule has 0 aromatic carbocycles. The Morgan fingerprint density at radius 1 is 1.90 bits per heavy atom. The van der Waals surface area contributed by atoms with Gasteiger partial charge in [0.2, 0.25) is 0 Å². The van der Waals surface area contributed by atoms with E-state index in [1.807, 2.05) is 13.0 Å². The molecule has 1 aliphatic rings. The van der Waals surface area contributed by atoms with Gasteiger partial charge in [0.25, 0.3) is 0 Å². The van der Waals surface area contributed by atoms with E-state index in [1.165, 1.54) is 7.11 Å². The Morgan fingerprint density at radius 3 is 2.90 bits per heavy atom. The average Bonchev–Trinajstić information content (AvgIpc) is 1.86. The molecule has 1 saturated heterocycles. The van der Waals surface area contributed by atoms with Crippen molar-refractivity contribution in [2.45, 2.75) is 13.0 Å². The van der Waals surface area contributed by atoms with Gasteiger partial charge in [-0.05, 0) is 12.5 Å². The van der Waals surface area contributed by atoms with Crippen LogP contribution in [0.15, 0.2) is 11.6 Å². The van der Waals surface area contributed by atoms with Gasteiger partial charge in [-0.2, -0.15) is 0 Å². The minimum Gasteiger partial charge on any atom is -0.468 e. The third kappa shape index (κ3) is 1.04. The summed E-state index contributed by atoms with van der Waals surface area (Å²) in [6, 6.07) is -0.171. The minimum absolute atomic E-state index is 0.171. The highest BCUT2D eigenvalue weighted by atomic mass is 16.5. The molecule has 1 N–H and O–H groups in total. The predicted octanol–water partition coefficient (Wildman–Crippen LogP) is 0.0775. The maximum atomic E-state index is 10.8. The van der Waals surface area contributed by atoms with E-state index in [0.29, 0.717) is 0 Å². The van der Waals surface area contributed by atoms with Crippen LogP contribution in [0.2, 0.25) is 0 Å². The fraction of sp³-hybridized carbons (Fsp3) is 0.571. The Bertz CT molecular complexity index is 174. The van der Waals surface area contributed by atoms with Crippen molar-refractivity contribution in [3.8, 4) is 0 Å². The Balaban J connectivity index is 2.51. The molecule has 1 fully saturated rings. The van der Waals surface area contributed by atoms with E-state index in [9.17, 15) is 4.79 Å². The second-order valence-corrected chi connectivity index (χ2v) is 2.20. The number of carbonyl (C=O) groups is 1. The van der Waals surface area contributed by atoms with Crippen molar-refractivity contribution in [2.75, 3.05) is 13.7 Å². The highest BCUT2D eigenvalue weighted by Gasteiger charge is 2.29. The summed E-state index contributed by atoms with van der Waals surface area (Å²) in [5.74, 6) is -0.195. The SMILES string of the molecule is C/C=C1\CNC1C(=O)OC. The van der Waals surface area contributed by atoms with Crippen molar-refractivity contribution >= 4 is 5.97 Å². The van der Waals surface area contributed by atoms with Gasteiger partial charge in [-0.15, -0.1) is 0 Å². The first kappa shape index (κ1) is 7.28. The average molecular weight is 141 g/mol. The van der Waals surface area contributed by atoms with E-state index in [2.05, 4.69) is 10.1 Å². The number of hydrogen-bond donors (Lipinski definition) is 1. The van der Waals surface area contributed by atoms with Crippen LogP contribution in [0.3, 0.4) is 0 Å². The predicted molar refractivity (Wildman–Crippen MR) is 37.6 cm³/mol. The van der Waals surface area contributed by atoms with E-state index in [4.69, 9.17) is 0 Å². The molecule has 1 unspecified atom stereocenters. The maximum absolute atomic E-state index is 10.8. The molecule has 0 spiro atoms. The lowest BCUT2D eigenvalue weighted by Crippen LogP contribution is -2.51. The quantitative estimate of drug-likeness (QED) is 0.415. The Hall–Kier alpha value is -0.830. The normalized spacial score (nSPS) is 27.8. The minimum atomic E-state index is -0.195. The van der Waals surface area contributed by atoms with Crippen LogP contribution >= 0.6 is 0 Å². The highest BCUT2D eigenvalue weighted by Crippen LogP contribution is 2.11. The summed E-state index contributed by atoms with van der Waals surface area (Å²) in [6.07, 6.45) is 1.94.